The van der Waals surface area contributed by atoms with E-state index in [1.54, 1.807) is 11.8 Å². The van der Waals surface area contributed by atoms with E-state index >= 15 is 0 Å². The van der Waals surface area contributed by atoms with Crippen LogP contribution < -0.4 is 4.74 Å². The zero-order chi connectivity index (χ0) is 17.7. The Morgan fingerprint density at radius 2 is 1.88 bits per heavy atom. The monoisotopic (exact) mass is 333 g/mol. The maximum Gasteiger partial charge on any atom is 0.306 e. The molecule has 0 radical (unpaired) electrons. The summed E-state index contributed by atoms with van der Waals surface area (Å²) >= 11 is 0. The van der Waals surface area contributed by atoms with Crippen molar-refractivity contribution in [3.8, 4) is 5.75 Å². The number of piperidine rings is 1. The van der Waals surface area contributed by atoms with Gasteiger partial charge in [0.1, 0.15) is 5.75 Å². The van der Waals surface area contributed by atoms with E-state index in [0.717, 1.165) is 17.7 Å². The second-order valence-corrected chi connectivity index (χ2v) is 6.54. The van der Waals surface area contributed by atoms with Gasteiger partial charge in [-0.2, -0.15) is 0 Å². The first-order valence-electron chi connectivity index (χ1n) is 8.71. The van der Waals surface area contributed by atoms with E-state index in [4.69, 9.17) is 9.84 Å². The highest BCUT2D eigenvalue weighted by Gasteiger charge is 2.30. The third-order valence-electron chi connectivity index (χ3n) is 4.87. The Morgan fingerprint density at radius 3 is 2.46 bits per heavy atom. The van der Waals surface area contributed by atoms with Crippen LogP contribution >= 0.6 is 0 Å². The summed E-state index contributed by atoms with van der Waals surface area (Å²) in [7, 11) is 0. The van der Waals surface area contributed by atoms with Gasteiger partial charge in [0.15, 0.2) is 6.10 Å². The largest absolute Gasteiger partial charge is 0.481 e. The first kappa shape index (κ1) is 18.3. The SMILES string of the molecule is CCC(C)c1ccccc1OC(C)C(=O)N1CCC(C(=O)O)CC1. The average molecular weight is 333 g/mol. The number of hydrogen-bond donors (Lipinski definition) is 1. The average Bonchev–Trinajstić information content (AvgIpc) is 2.60. The standard InChI is InChI=1S/C19H27NO4/c1-4-13(2)16-7-5-6-8-17(16)24-14(3)18(21)20-11-9-15(10-12-20)19(22)23/h5-8,13-15H,4,9-12H2,1-3H3,(H,22,23). The van der Waals surface area contributed by atoms with Gasteiger partial charge in [-0.05, 0) is 43.7 Å². The molecule has 1 aromatic rings. The molecule has 1 fully saturated rings. The fourth-order valence-electron chi connectivity index (χ4n) is 3.06. The lowest BCUT2D eigenvalue weighted by atomic mass is 9.96. The van der Waals surface area contributed by atoms with Gasteiger partial charge in [0.05, 0.1) is 5.92 Å². The second-order valence-electron chi connectivity index (χ2n) is 6.54. The number of carboxylic acids is 1. The number of hydrogen-bond acceptors (Lipinski definition) is 3. The van der Waals surface area contributed by atoms with Crippen LogP contribution in [-0.2, 0) is 9.59 Å². The summed E-state index contributed by atoms with van der Waals surface area (Å²) < 4.78 is 5.95. The normalized spacial score (nSPS) is 18.0. The van der Waals surface area contributed by atoms with Gasteiger partial charge in [-0.3, -0.25) is 9.59 Å². The zero-order valence-electron chi connectivity index (χ0n) is 14.7. The quantitative estimate of drug-likeness (QED) is 0.867. The molecule has 1 aliphatic heterocycles. The van der Waals surface area contributed by atoms with Crippen LogP contribution in [-0.4, -0.2) is 41.1 Å². The van der Waals surface area contributed by atoms with Crippen LogP contribution in [0.5, 0.6) is 5.75 Å². The van der Waals surface area contributed by atoms with Crippen molar-refractivity contribution in [2.24, 2.45) is 5.92 Å². The van der Waals surface area contributed by atoms with Gasteiger partial charge in [0, 0.05) is 13.1 Å². The Morgan fingerprint density at radius 1 is 1.25 bits per heavy atom. The minimum Gasteiger partial charge on any atom is -0.481 e. The molecule has 2 rings (SSSR count). The summed E-state index contributed by atoms with van der Waals surface area (Å²) in [6.07, 6.45) is 1.46. The first-order valence-corrected chi connectivity index (χ1v) is 8.71. The van der Waals surface area contributed by atoms with Crippen LogP contribution in [0.3, 0.4) is 0 Å². The van der Waals surface area contributed by atoms with Crippen LogP contribution in [0.15, 0.2) is 24.3 Å². The number of carbonyl (C=O) groups excluding carboxylic acids is 1. The summed E-state index contributed by atoms with van der Waals surface area (Å²) in [6.45, 7) is 7.00. The summed E-state index contributed by atoms with van der Waals surface area (Å²) in [4.78, 5) is 25.3. The Labute approximate surface area is 143 Å². The molecule has 1 N–H and O–H groups in total. The van der Waals surface area contributed by atoms with Gasteiger partial charge >= 0.3 is 5.97 Å². The molecule has 0 bridgehead atoms. The Balaban J connectivity index is 1.99. The second kappa shape index (κ2) is 8.18. The number of benzene rings is 1. The van der Waals surface area contributed by atoms with Crippen LogP contribution in [0.25, 0.3) is 0 Å². The van der Waals surface area contributed by atoms with Crippen LogP contribution in [0.1, 0.15) is 51.5 Å². The molecule has 132 valence electrons. The maximum absolute atomic E-state index is 12.6. The number of nitrogens with zero attached hydrogens (tertiary/aromatic N) is 1. The van der Waals surface area contributed by atoms with E-state index in [1.165, 1.54) is 0 Å². The smallest absolute Gasteiger partial charge is 0.306 e. The molecule has 0 saturated carbocycles. The molecule has 0 spiro atoms. The Bertz CT molecular complexity index is 578. The molecule has 2 atom stereocenters. The Kier molecular flexibility index (Phi) is 6.23. The fraction of sp³-hybridized carbons (Fsp3) is 0.579. The summed E-state index contributed by atoms with van der Waals surface area (Å²) in [5.74, 6) is -0.0500. The van der Waals surface area contributed by atoms with E-state index in [-0.39, 0.29) is 11.8 Å². The molecule has 2 unspecified atom stereocenters. The molecule has 5 nitrogen and oxygen atoms in total. The molecular formula is C19H27NO4. The lowest BCUT2D eigenvalue weighted by Crippen LogP contribution is -2.45. The predicted molar refractivity (Wildman–Crippen MR) is 92.2 cm³/mol. The van der Waals surface area contributed by atoms with Crippen LogP contribution in [0.4, 0.5) is 0 Å². The van der Waals surface area contributed by atoms with Gasteiger partial charge in [-0.1, -0.05) is 32.0 Å². The van der Waals surface area contributed by atoms with Crippen molar-refractivity contribution in [2.75, 3.05) is 13.1 Å². The van der Waals surface area contributed by atoms with E-state index < -0.39 is 12.1 Å². The highest BCUT2D eigenvalue weighted by molar-refractivity contribution is 5.81. The van der Waals surface area contributed by atoms with Crippen LogP contribution in [0, 0.1) is 5.92 Å². The first-order chi connectivity index (χ1) is 11.4. The topological polar surface area (TPSA) is 66.8 Å². The number of likely N-dealkylation sites (tertiary alicyclic amines) is 1. The third kappa shape index (κ3) is 4.28. The number of amides is 1. The molecule has 1 amide bonds. The number of carboxylic acid groups (broad SMARTS) is 1. The van der Waals surface area contributed by atoms with Gasteiger partial charge in [0.2, 0.25) is 0 Å². The third-order valence-corrected chi connectivity index (χ3v) is 4.87. The molecule has 24 heavy (non-hydrogen) atoms. The van der Waals surface area contributed by atoms with Crippen molar-refractivity contribution in [2.45, 2.75) is 52.1 Å². The van der Waals surface area contributed by atoms with Crippen LogP contribution in [0.2, 0.25) is 0 Å². The fourth-order valence-corrected chi connectivity index (χ4v) is 3.06. The molecule has 1 aromatic carbocycles. The van der Waals surface area contributed by atoms with E-state index in [1.807, 2.05) is 24.3 Å². The Hall–Kier alpha value is -2.04. The zero-order valence-corrected chi connectivity index (χ0v) is 14.7. The summed E-state index contributed by atoms with van der Waals surface area (Å²) in [5.41, 5.74) is 1.12. The van der Waals surface area contributed by atoms with Crippen molar-refractivity contribution < 1.29 is 19.4 Å². The minimum absolute atomic E-state index is 0.0715. The highest BCUT2D eigenvalue weighted by atomic mass is 16.5. The number of ether oxygens (including phenoxy) is 1. The highest BCUT2D eigenvalue weighted by Crippen LogP contribution is 2.29. The van der Waals surface area contributed by atoms with Gasteiger partial charge in [0.25, 0.3) is 5.91 Å². The number of aliphatic carboxylic acids is 1. The predicted octanol–water partition coefficient (Wildman–Crippen LogP) is 3.29. The molecule has 0 aliphatic carbocycles. The number of para-hydroxylation sites is 1. The van der Waals surface area contributed by atoms with Gasteiger partial charge in [-0.25, -0.2) is 0 Å². The molecule has 5 heteroatoms. The van der Waals surface area contributed by atoms with Gasteiger partial charge in [-0.15, -0.1) is 0 Å². The maximum atomic E-state index is 12.6. The van der Waals surface area contributed by atoms with Gasteiger partial charge < -0.3 is 14.7 Å². The summed E-state index contributed by atoms with van der Waals surface area (Å²) in [5, 5.41) is 9.04. The summed E-state index contributed by atoms with van der Waals surface area (Å²) in [6, 6.07) is 7.84. The van der Waals surface area contributed by atoms with Crippen molar-refractivity contribution >= 4 is 11.9 Å². The van der Waals surface area contributed by atoms with E-state index in [0.29, 0.717) is 31.8 Å². The van der Waals surface area contributed by atoms with Crippen molar-refractivity contribution in [3.05, 3.63) is 29.8 Å². The molecular weight excluding hydrogens is 306 g/mol. The molecule has 1 saturated heterocycles. The van der Waals surface area contributed by atoms with E-state index in [9.17, 15) is 9.59 Å². The molecule has 1 aliphatic rings. The van der Waals surface area contributed by atoms with E-state index in [2.05, 4.69) is 13.8 Å². The van der Waals surface area contributed by atoms with Crippen molar-refractivity contribution in [3.63, 3.8) is 0 Å². The van der Waals surface area contributed by atoms with Crippen molar-refractivity contribution in [1.29, 1.82) is 0 Å². The molecule has 0 aromatic heterocycles. The lowest BCUT2D eigenvalue weighted by Gasteiger charge is -2.32. The number of carbonyl (C=O) groups is 2. The lowest BCUT2D eigenvalue weighted by molar-refractivity contribution is -0.147. The van der Waals surface area contributed by atoms with Crippen molar-refractivity contribution in [1.82, 2.24) is 4.90 Å². The molecule has 1 heterocycles. The minimum atomic E-state index is -0.770. The number of rotatable bonds is 6.